The predicted octanol–water partition coefficient (Wildman–Crippen LogP) is 1.13. The minimum Gasteiger partial charge on any atom is -0.493 e. The molecule has 1 aromatic carbocycles. The van der Waals surface area contributed by atoms with E-state index in [1.165, 1.54) is 12.1 Å². The van der Waals surface area contributed by atoms with Gasteiger partial charge in [0.2, 0.25) is 0 Å². The summed E-state index contributed by atoms with van der Waals surface area (Å²) in [4.78, 5) is 41.1. The summed E-state index contributed by atoms with van der Waals surface area (Å²) in [6.45, 7) is 1.43. The Hall–Kier alpha value is -2.90. The van der Waals surface area contributed by atoms with Crippen LogP contribution in [0.25, 0.3) is 0 Å². The highest BCUT2D eigenvalue weighted by Gasteiger charge is 2.25. The number of amides is 1. The molecule has 0 radical (unpaired) electrons. The minimum absolute atomic E-state index is 0.0196. The van der Waals surface area contributed by atoms with Gasteiger partial charge in [0, 0.05) is 25.1 Å². The van der Waals surface area contributed by atoms with Crippen molar-refractivity contribution in [3.05, 3.63) is 62.7 Å². The normalized spacial score (nSPS) is 17.3. The summed E-state index contributed by atoms with van der Waals surface area (Å²) in [6, 6.07) is 6.86. The molecule has 2 heterocycles. The molecule has 0 aliphatic carbocycles. The third-order valence-corrected chi connectivity index (χ3v) is 4.10. The van der Waals surface area contributed by atoms with Crippen LogP contribution in [0.15, 0.2) is 39.9 Å². The zero-order valence-electron chi connectivity index (χ0n) is 13.5. The van der Waals surface area contributed by atoms with Crippen molar-refractivity contribution in [2.45, 2.75) is 12.8 Å². The van der Waals surface area contributed by atoms with Crippen molar-refractivity contribution < 1.29 is 13.9 Å². The number of piperidine rings is 1. The number of carbonyl (C=O) groups is 1. The van der Waals surface area contributed by atoms with Crippen LogP contribution in [0.4, 0.5) is 4.39 Å². The summed E-state index contributed by atoms with van der Waals surface area (Å²) < 4.78 is 18.5. The van der Waals surface area contributed by atoms with Crippen LogP contribution in [0.2, 0.25) is 0 Å². The monoisotopic (exact) mass is 347 g/mol. The molecule has 3 rings (SSSR count). The van der Waals surface area contributed by atoms with Gasteiger partial charge in [-0.25, -0.2) is 9.18 Å². The number of rotatable bonds is 4. The fourth-order valence-electron chi connectivity index (χ4n) is 2.88. The van der Waals surface area contributed by atoms with E-state index in [4.69, 9.17) is 4.74 Å². The summed E-state index contributed by atoms with van der Waals surface area (Å²) in [7, 11) is 0. The summed E-state index contributed by atoms with van der Waals surface area (Å²) >= 11 is 0. The summed E-state index contributed by atoms with van der Waals surface area (Å²) in [5.74, 6) is -0.0106. The van der Waals surface area contributed by atoms with Gasteiger partial charge in [-0.3, -0.25) is 14.6 Å². The van der Waals surface area contributed by atoms with E-state index in [0.717, 1.165) is 18.9 Å². The van der Waals surface area contributed by atoms with Crippen molar-refractivity contribution in [2.24, 2.45) is 5.92 Å². The second kappa shape index (κ2) is 7.33. The third kappa shape index (κ3) is 4.34. The molecule has 0 saturated carbocycles. The Balaban J connectivity index is 1.62. The summed E-state index contributed by atoms with van der Waals surface area (Å²) in [5, 5.41) is 0. The number of halogens is 1. The quantitative estimate of drug-likeness (QED) is 0.867. The van der Waals surface area contributed by atoms with Crippen LogP contribution in [0.3, 0.4) is 0 Å². The van der Waals surface area contributed by atoms with Gasteiger partial charge in [0.25, 0.3) is 11.5 Å². The Morgan fingerprint density at radius 3 is 2.72 bits per heavy atom. The first kappa shape index (κ1) is 16.9. The van der Waals surface area contributed by atoms with Crippen molar-refractivity contribution in [1.82, 2.24) is 14.9 Å². The van der Waals surface area contributed by atoms with Crippen molar-refractivity contribution in [3.8, 4) is 5.75 Å². The molecule has 1 fully saturated rings. The molecule has 7 nitrogen and oxygen atoms in total. The summed E-state index contributed by atoms with van der Waals surface area (Å²) in [5.41, 5.74) is -1.33. The molecule has 1 amide bonds. The van der Waals surface area contributed by atoms with E-state index in [9.17, 15) is 18.8 Å². The maximum atomic E-state index is 12.9. The molecule has 1 aliphatic rings. The molecule has 0 bridgehead atoms. The van der Waals surface area contributed by atoms with Gasteiger partial charge in [-0.15, -0.1) is 0 Å². The second-order valence-electron chi connectivity index (χ2n) is 6.03. The average molecular weight is 347 g/mol. The lowest BCUT2D eigenvalue weighted by molar-refractivity contribution is 0.0627. The van der Waals surface area contributed by atoms with E-state index >= 15 is 0 Å². The van der Waals surface area contributed by atoms with E-state index in [-0.39, 0.29) is 23.3 Å². The molecule has 1 aromatic heterocycles. The van der Waals surface area contributed by atoms with Gasteiger partial charge in [-0.1, -0.05) is 0 Å². The molecular formula is C17H18FN3O4. The number of hydrogen-bond acceptors (Lipinski definition) is 4. The molecular weight excluding hydrogens is 329 g/mol. The fourth-order valence-corrected chi connectivity index (χ4v) is 2.88. The highest BCUT2D eigenvalue weighted by Crippen LogP contribution is 2.20. The standard InChI is InChI=1S/C17H18FN3O4/c18-12-3-5-13(6-4-12)25-10-11-2-1-7-21(9-11)16(23)14-8-15(22)20-17(24)19-14/h3-6,8,11H,1-2,7,9-10H2,(H2,19,20,22,24)/t11-/m1/s1. The molecule has 2 aromatic rings. The number of likely N-dealkylation sites (tertiary alicyclic amines) is 1. The summed E-state index contributed by atoms with van der Waals surface area (Å²) in [6.07, 6.45) is 1.70. The number of H-pyrrole nitrogens is 2. The van der Waals surface area contributed by atoms with E-state index in [1.54, 1.807) is 17.0 Å². The number of nitrogens with one attached hydrogen (secondary N) is 2. The van der Waals surface area contributed by atoms with Gasteiger partial charge in [0.1, 0.15) is 17.3 Å². The van der Waals surface area contributed by atoms with Gasteiger partial charge >= 0.3 is 5.69 Å². The topological polar surface area (TPSA) is 95.3 Å². The Morgan fingerprint density at radius 2 is 2.00 bits per heavy atom. The van der Waals surface area contributed by atoms with E-state index in [1.807, 2.05) is 4.98 Å². The number of carbonyl (C=O) groups excluding carboxylic acids is 1. The lowest BCUT2D eigenvalue weighted by Crippen LogP contribution is -2.43. The first-order valence-corrected chi connectivity index (χ1v) is 8.02. The van der Waals surface area contributed by atoms with E-state index in [0.29, 0.717) is 25.4 Å². The van der Waals surface area contributed by atoms with Gasteiger partial charge in [-0.05, 0) is 37.1 Å². The number of hydrogen-bond donors (Lipinski definition) is 2. The molecule has 25 heavy (non-hydrogen) atoms. The van der Waals surface area contributed by atoms with Crippen LogP contribution >= 0.6 is 0 Å². The number of aromatic amines is 2. The molecule has 132 valence electrons. The van der Waals surface area contributed by atoms with Crippen LogP contribution in [0.1, 0.15) is 23.3 Å². The number of nitrogens with zero attached hydrogens (tertiary/aromatic N) is 1. The molecule has 0 unspecified atom stereocenters. The lowest BCUT2D eigenvalue weighted by Gasteiger charge is -2.32. The average Bonchev–Trinajstić information content (AvgIpc) is 2.60. The van der Waals surface area contributed by atoms with Gasteiger partial charge < -0.3 is 14.6 Å². The van der Waals surface area contributed by atoms with Crippen molar-refractivity contribution >= 4 is 5.91 Å². The number of benzene rings is 1. The van der Waals surface area contributed by atoms with Crippen molar-refractivity contribution in [2.75, 3.05) is 19.7 Å². The first-order chi connectivity index (χ1) is 12.0. The largest absolute Gasteiger partial charge is 0.493 e. The lowest BCUT2D eigenvalue weighted by atomic mass is 9.98. The Labute approximate surface area is 142 Å². The van der Waals surface area contributed by atoms with Crippen LogP contribution in [0.5, 0.6) is 5.75 Å². The maximum absolute atomic E-state index is 12.9. The number of aromatic nitrogens is 2. The first-order valence-electron chi connectivity index (χ1n) is 8.02. The van der Waals surface area contributed by atoms with Gasteiger partial charge in [0.05, 0.1) is 6.61 Å². The SMILES string of the molecule is O=C(c1cc(=O)[nH]c(=O)[nH]1)N1CCC[C@@H](COc2ccc(F)cc2)C1. The molecule has 1 atom stereocenters. The Morgan fingerprint density at radius 1 is 1.24 bits per heavy atom. The van der Waals surface area contributed by atoms with Crippen LogP contribution in [0, 0.1) is 11.7 Å². The third-order valence-electron chi connectivity index (χ3n) is 4.10. The fraction of sp³-hybridized carbons (Fsp3) is 0.353. The van der Waals surface area contributed by atoms with Gasteiger partial charge in [0.15, 0.2) is 0 Å². The van der Waals surface area contributed by atoms with E-state index < -0.39 is 11.2 Å². The molecule has 1 aliphatic heterocycles. The van der Waals surface area contributed by atoms with Crippen LogP contribution in [-0.4, -0.2) is 40.5 Å². The molecule has 1 saturated heterocycles. The highest BCUT2D eigenvalue weighted by molar-refractivity contribution is 5.92. The Kier molecular flexibility index (Phi) is 4.97. The zero-order valence-corrected chi connectivity index (χ0v) is 13.5. The smallest absolute Gasteiger partial charge is 0.326 e. The second-order valence-corrected chi connectivity index (χ2v) is 6.03. The van der Waals surface area contributed by atoms with Crippen LogP contribution < -0.4 is 16.0 Å². The highest BCUT2D eigenvalue weighted by atomic mass is 19.1. The Bertz CT molecular complexity index is 831. The number of ether oxygens (including phenoxy) is 1. The molecule has 8 heteroatoms. The zero-order chi connectivity index (χ0) is 17.8. The van der Waals surface area contributed by atoms with Crippen molar-refractivity contribution in [1.29, 1.82) is 0 Å². The maximum Gasteiger partial charge on any atom is 0.326 e. The van der Waals surface area contributed by atoms with Gasteiger partial charge in [-0.2, -0.15) is 0 Å². The van der Waals surface area contributed by atoms with Crippen molar-refractivity contribution in [3.63, 3.8) is 0 Å². The van der Waals surface area contributed by atoms with E-state index in [2.05, 4.69) is 4.98 Å². The minimum atomic E-state index is -0.705. The molecule has 2 N–H and O–H groups in total. The molecule has 0 spiro atoms. The predicted molar refractivity (Wildman–Crippen MR) is 88.2 cm³/mol. The van der Waals surface area contributed by atoms with Crippen LogP contribution in [-0.2, 0) is 0 Å².